The van der Waals surface area contributed by atoms with Crippen molar-refractivity contribution in [3.05, 3.63) is 35.8 Å². The molecule has 154 valence electrons. The maximum atomic E-state index is 13.0. The van der Waals surface area contributed by atoms with Gasteiger partial charge in [0.15, 0.2) is 5.82 Å². The number of benzene rings is 1. The lowest BCUT2D eigenvalue weighted by molar-refractivity contribution is -0.117. The van der Waals surface area contributed by atoms with E-state index >= 15 is 0 Å². The minimum Gasteiger partial charge on any atom is -0.492 e. The molecule has 2 aliphatic rings. The average molecular weight is 400 g/mol. The summed E-state index contributed by atoms with van der Waals surface area (Å²) in [7, 11) is 1.85. The van der Waals surface area contributed by atoms with E-state index in [0.29, 0.717) is 48.3 Å². The molecule has 2 heterocycles. The van der Waals surface area contributed by atoms with Crippen LogP contribution in [-0.4, -0.2) is 47.2 Å². The second-order valence-corrected chi connectivity index (χ2v) is 7.96. The Hall–Kier alpha value is -2.94. The molecular formula is C20H25FN6O2. The van der Waals surface area contributed by atoms with Gasteiger partial charge in [0.2, 0.25) is 11.9 Å². The Morgan fingerprint density at radius 3 is 2.72 bits per heavy atom. The molecule has 4 rings (SSSR count). The Kier molecular flexibility index (Phi) is 4.77. The first-order chi connectivity index (χ1) is 13.7. The number of aromatic nitrogens is 2. The van der Waals surface area contributed by atoms with E-state index in [9.17, 15) is 9.18 Å². The highest BCUT2D eigenvalue weighted by Crippen LogP contribution is 2.35. The van der Waals surface area contributed by atoms with Crippen LogP contribution in [0.15, 0.2) is 24.3 Å². The topological polar surface area (TPSA) is 105 Å². The number of anilines is 3. The Balaban J connectivity index is 1.37. The Morgan fingerprint density at radius 2 is 2.03 bits per heavy atom. The van der Waals surface area contributed by atoms with Gasteiger partial charge in [-0.3, -0.25) is 4.79 Å². The first kappa shape index (κ1) is 19.4. The number of rotatable bonds is 5. The number of amides is 1. The van der Waals surface area contributed by atoms with Crippen LogP contribution in [0, 0.1) is 12.7 Å². The molecule has 1 aliphatic carbocycles. The second-order valence-electron chi connectivity index (χ2n) is 7.96. The van der Waals surface area contributed by atoms with Crippen molar-refractivity contribution in [2.45, 2.75) is 44.3 Å². The van der Waals surface area contributed by atoms with Gasteiger partial charge in [-0.25, -0.2) is 9.37 Å². The van der Waals surface area contributed by atoms with Gasteiger partial charge in [-0.15, -0.1) is 0 Å². The van der Waals surface area contributed by atoms with E-state index in [1.807, 2.05) is 25.8 Å². The lowest BCUT2D eigenvalue weighted by atomic mass is 9.74. The maximum absolute atomic E-state index is 13.0. The molecule has 1 atom stereocenters. The minimum absolute atomic E-state index is 0.0690. The summed E-state index contributed by atoms with van der Waals surface area (Å²) in [5.41, 5.74) is 7.29. The number of fused-ring (bicyclic) bond motifs is 1. The molecule has 4 N–H and O–H groups in total. The monoisotopic (exact) mass is 400 g/mol. The van der Waals surface area contributed by atoms with Gasteiger partial charge >= 0.3 is 0 Å². The number of nitrogens with zero attached hydrogens (tertiary/aromatic N) is 3. The number of nitrogens with two attached hydrogens (primary N) is 1. The Morgan fingerprint density at radius 1 is 1.34 bits per heavy atom. The zero-order valence-corrected chi connectivity index (χ0v) is 16.7. The van der Waals surface area contributed by atoms with Crippen LogP contribution in [0.4, 0.5) is 21.8 Å². The molecule has 1 aliphatic heterocycles. The second kappa shape index (κ2) is 7.14. The number of carbonyl (C=O) groups is 1. The summed E-state index contributed by atoms with van der Waals surface area (Å²) < 4.78 is 18.7. The van der Waals surface area contributed by atoms with Gasteiger partial charge in [0.05, 0.1) is 11.2 Å². The summed E-state index contributed by atoms with van der Waals surface area (Å²) in [4.78, 5) is 22.9. The molecule has 9 heteroatoms. The van der Waals surface area contributed by atoms with E-state index < -0.39 is 5.54 Å². The lowest BCUT2D eigenvalue weighted by Gasteiger charge is -2.44. The summed E-state index contributed by atoms with van der Waals surface area (Å²) in [6, 6.07) is 5.74. The molecule has 0 unspecified atom stereocenters. The van der Waals surface area contributed by atoms with Crippen molar-refractivity contribution in [2.24, 2.45) is 5.73 Å². The third-order valence-electron chi connectivity index (χ3n) is 5.59. The summed E-state index contributed by atoms with van der Waals surface area (Å²) in [5, 5.41) is 6.20. The third-order valence-corrected chi connectivity index (χ3v) is 5.59. The predicted molar refractivity (Wildman–Crippen MR) is 109 cm³/mol. The van der Waals surface area contributed by atoms with Gasteiger partial charge < -0.3 is 26.0 Å². The highest BCUT2D eigenvalue weighted by atomic mass is 19.1. The molecule has 1 saturated carbocycles. The maximum Gasteiger partial charge on any atom is 0.246 e. The van der Waals surface area contributed by atoms with Crippen LogP contribution in [0.3, 0.4) is 0 Å². The molecule has 1 fully saturated rings. The summed E-state index contributed by atoms with van der Waals surface area (Å²) in [6.07, 6.45) is 1.41. The highest BCUT2D eigenvalue weighted by Gasteiger charge is 2.42. The molecular weight excluding hydrogens is 375 g/mol. The van der Waals surface area contributed by atoms with Gasteiger partial charge in [0.25, 0.3) is 0 Å². The van der Waals surface area contributed by atoms with Crippen LogP contribution in [0.25, 0.3) is 0 Å². The van der Waals surface area contributed by atoms with Gasteiger partial charge in [-0.05, 0) is 51.0 Å². The molecule has 1 aromatic heterocycles. The fourth-order valence-corrected chi connectivity index (χ4v) is 3.69. The van der Waals surface area contributed by atoms with Gasteiger partial charge in [-0.1, -0.05) is 0 Å². The molecule has 29 heavy (non-hydrogen) atoms. The quantitative estimate of drug-likeness (QED) is 0.705. The van der Waals surface area contributed by atoms with Crippen molar-refractivity contribution in [3.8, 4) is 5.75 Å². The zero-order chi connectivity index (χ0) is 20.8. The summed E-state index contributed by atoms with van der Waals surface area (Å²) in [6.45, 7) is 4.03. The van der Waals surface area contributed by atoms with Crippen LogP contribution in [0.2, 0.25) is 0 Å². The normalized spacial score (nSPS) is 25.7. The van der Waals surface area contributed by atoms with E-state index in [0.717, 1.165) is 0 Å². The molecule has 1 aromatic carbocycles. The molecule has 0 radical (unpaired) electrons. The van der Waals surface area contributed by atoms with Crippen molar-refractivity contribution in [1.29, 1.82) is 0 Å². The standard InChI is InChI=1S/C20H25FN6O2/c1-11-16-17(27(3)12(2)18(28)25-16)26-19(23-11)24-14-8-20(22,9-14)10-29-15-6-4-13(21)5-7-15/h4-7,12,14H,8-10,22H2,1-3H3,(H,25,28)(H,23,24,26)/t12-,14?,20?/m0/s1. The first-order valence-corrected chi connectivity index (χ1v) is 9.60. The number of carbonyl (C=O) groups excluding carboxylic acids is 1. The van der Waals surface area contributed by atoms with E-state index in [4.69, 9.17) is 10.5 Å². The number of ether oxygens (including phenoxy) is 1. The van der Waals surface area contributed by atoms with Crippen molar-refractivity contribution < 1.29 is 13.9 Å². The van der Waals surface area contributed by atoms with Crippen LogP contribution in [-0.2, 0) is 4.79 Å². The van der Waals surface area contributed by atoms with Crippen LogP contribution >= 0.6 is 0 Å². The molecule has 2 aromatic rings. The van der Waals surface area contributed by atoms with Crippen molar-refractivity contribution in [2.75, 3.05) is 29.2 Å². The number of halogens is 1. The molecule has 8 nitrogen and oxygen atoms in total. The largest absolute Gasteiger partial charge is 0.492 e. The van der Waals surface area contributed by atoms with Crippen LogP contribution in [0.5, 0.6) is 5.75 Å². The zero-order valence-electron chi connectivity index (χ0n) is 16.7. The summed E-state index contributed by atoms with van der Waals surface area (Å²) >= 11 is 0. The molecule has 0 saturated heterocycles. The SMILES string of the molecule is Cc1nc(NC2CC(N)(COc3ccc(F)cc3)C2)nc2c1NC(=O)[C@H](C)N2C. The van der Waals surface area contributed by atoms with Crippen LogP contribution in [0.1, 0.15) is 25.5 Å². The van der Waals surface area contributed by atoms with E-state index in [1.165, 1.54) is 12.1 Å². The third kappa shape index (κ3) is 3.82. The van der Waals surface area contributed by atoms with Gasteiger partial charge in [-0.2, -0.15) is 4.98 Å². The lowest BCUT2D eigenvalue weighted by Crippen LogP contribution is -2.60. The van der Waals surface area contributed by atoms with E-state index in [-0.39, 0.29) is 23.8 Å². The van der Waals surface area contributed by atoms with E-state index in [1.54, 1.807) is 12.1 Å². The average Bonchev–Trinajstić information content (AvgIpc) is 2.66. The first-order valence-electron chi connectivity index (χ1n) is 9.60. The van der Waals surface area contributed by atoms with Crippen molar-refractivity contribution >= 4 is 23.4 Å². The molecule has 0 spiro atoms. The number of hydrogen-bond donors (Lipinski definition) is 3. The predicted octanol–water partition coefficient (Wildman–Crippen LogP) is 2.05. The Labute approximate surface area is 168 Å². The number of nitrogens with one attached hydrogen (secondary N) is 2. The van der Waals surface area contributed by atoms with Crippen molar-refractivity contribution in [1.82, 2.24) is 9.97 Å². The fourth-order valence-electron chi connectivity index (χ4n) is 3.69. The summed E-state index contributed by atoms with van der Waals surface area (Å²) in [5.74, 6) is 1.45. The van der Waals surface area contributed by atoms with Gasteiger partial charge in [0, 0.05) is 13.1 Å². The number of hydrogen-bond acceptors (Lipinski definition) is 7. The highest BCUT2D eigenvalue weighted by molar-refractivity contribution is 6.03. The fraction of sp³-hybridized carbons (Fsp3) is 0.450. The van der Waals surface area contributed by atoms with E-state index in [2.05, 4.69) is 20.6 Å². The molecule has 0 bridgehead atoms. The number of aryl methyl sites for hydroxylation is 1. The van der Waals surface area contributed by atoms with Gasteiger partial charge in [0.1, 0.15) is 29.9 Å². The van der Waals surface area contributed by atoms with Crippen molar-refractivity contribution in [3.63, 3.8) is 0 Å². The van der Waals surface area contributed by atoms with Crippen LogP contribution < -0.4 is 26.0 Å². The smallest absolute Gasteiger partial charge is 0.246 e. The minimum atomic E-state index is -0.450. The number of likely N-dealkylation sites (N-methyl/N-ethyl adjacent to an activating group) is 1. The Bertz CT molecular complexity index is 929. The molecule has 1 amide bonds.